The third kappa shape index (κ3) is 51.8. The molecule has 186 valence electrons. The molecule has 0 amide bonds. The van der Waals surface area contributed by atoms with Crippen molar-refractivity contribution >= 4 is 0 Å². The van der Waals surface area contributed by atoms with Crippen molar-refractivity contribution in [1.29, 1.82) is 0 Å². The van der Waals surface area contributed by atoms with Crippen LogP contribution < -0.4 is 0 Å². The van der Waals surface area contributed by atoms with Crippen molar-refractivity contribution in [1.82, 2.24) is 0 Å². The van der Waals surface area contributed by atoms with Crippen molar-refractivity contribution in [2.75, 3.05) is 47.8 Å². The first-order valence-electron chi connectivity index (χ1n) is 10.2. The second-order valence-electron chi connectivity index (χ2n) is 5.21. The van der Waals surface area contributed by atoms with Gasteiger partial charge in [-0.3, -0.25) is 0 Å². The van der Waals surface area contributed by atoms with E-state index in [0.717, 1.165) is 72.7 Å². The van der Waals surface area contributed by atoms with Gasteiger partial charge in [-0.1, -0.05) is 53.4 Å². The Bertz CT molecular complexity index is 189. The summed E-state index contributed by atoms with van der Waals surface area (Å²) in [6, 6.07) is 0. The van der Waals surface area contributed by atoms with Crippen molar-refractivity contribution in [2.24, 2.45) is 0 Å². The molecule has 0 aromatic heterocycles. The number of ether oxygens (including phenoxy) is 3. The maximum Gasteiger partial charge on any atom is 0.410 e. The topological polar surface area (TPSA) is 129 Å². The third-order valence-corrected chi connectivity index (χ3v) is 2.86. The molecule has 0 aliphatic rings. The zero-order chi connectivity index (χ0) is 23.1. The van der Waals surface area contributed by atoms with Crippen LogP contribution in [0.5, 0.6) is 0 Å². The van der Waals surface area contributed by atoms with Gasteiger partial charge in [0.05, 0.1) is 19.8 Å². The Balaban J connectivity index is -0.0000000689. The van der Waals surface area contributed by atoms with Crippen LogP contribution in [0.4, 0.5) is 0 Å². The summed E-state index contributed by atoms with van der Waals surface area (Å²) in [4.78, 5) is 0. The number of unbranched alkanes of at least 4 members (excludes halogenated alkanes) is 4. The zero-order valence-electron chi connectivity index (χ0n) is 20.4. The molecule has 0 bridgehead atoms. The summed E-state index contributed by atoms with van der Waals surface area (Å²) in [6.07, 6.45) is 5.89. The smallest absolute Gasteiger partial charge is 0.400 e. The summed E-state index contributed by atoms with van der Waals surface area (Å²) in [5.41, 5.74) is 0. The second-order valence-corrected chi connectivity index (χ2v) is 5.21. The minimum atomic E-state index is -1.85. The minimum Gasteiger partial charge on any atom is -0.400 e. The maximum atomic E-state index is 10.0. The minimum absolute atomic E-state index is 0. The van der Waals surface area contributed by atoms with Gasteiger partial charge in [0.2, 0.25) is 0 Å². The first kappa shape index (κ1) is 48.8. The molecule has 0 aliphatic heterocycles. The van der Waals surface area contributed by atoms with Crippen molar-refractivity contribution in [3.63, 3.8) is 0 Å². The molecule has 0 radical (unpaired) electrons. The summed E-state index contributed by atoms with van der Waals surface area (Å²) in [6.45, 7) is 9.95. The van der Waals surface area contributed by atoms with Crippen LogP contribution in [0.3, 0.4) is 0 Å². The normalized spacial score (nSPS) is 8.80. The van der Waals surface area contributed by atoms with E-state index in [1.807, 2.05) is 0 Å². The van der Waals surface area contributed by atoms with E-state index in [2.05, 4.69) is 27.7 Å². The Morgan fingerprint density at radius 3 is 0.900 bits per heavy atom. The molecule has 5 N–H and O–H groups in total. The van der Waals surface area contributed by atoms with Crippen LogP contribution >= 0.6 is 0 Å². The van der Waals surface area contributed by atoms with E-state index < -0.39 is 6.16 Å². The number of rotatable bonds is 14. The Morgan fingerprint density at radius 2 is 0.767 bits per heavy atom. The van der Waals surface area contributed by atoms with Crippen molar-refractivity contribution in [2.45, 2.75) is 85.2 Å². The van der Waals surface area contributed by atoms with E-state index in [0.29, 0.717) is 26.4 Å². The monoisotopic (exact) mass is 598 g/mol. The molecular weight excluding hydrogens is 551 g/mol. The molecule has 0 atom stereocenters. The molecule has 0 aromatic rings. The van der Waals surface area contributed by atoms with E-state index in [1.165, 1.54) is 0 Å². The predicted molar refractivity (Wildman–Crippen MR) is 114 cm³/mol. The molecule has 0 heterocycles. The van der Waals surface area contributed by atoms with Gasteiger partial charge in [0.25, 0.3) is 0 Å². The first-order chi connectivity index (χ1) is 13.6. The summed E-state index contributed by atoms with van der Waals surface area (Å²) in [7, 11) is 3.00. The van der Waals surface area contributed by atoms with Crippen LogP contribution in [0.2, 0.25) is 0 Å². The Kier molecular flexibility index (Phi) is 85.2. The molecule has 0 fully saturated rings. The van der Waals surface area contributed by atoms with Gasteiger partial charge in [0.15, 0.2) is 0 Å². The molecule has 0 unspecified atom stereocenters. The van der Waals surface area contributed by atoms with Gasteiger partial charge in [-0.25, -0.2) is 0 Å². The van der Waals surface area contributed by atoms with Crippen molar-refractivity contribution in [3.05, 3.63) is 0 Å². The second kappa shape index (κ2) is 52.4. The fourth-order valence-electron chi connectivity index (χ4n) is 1.32. The summed E-state index contributed by atoms with van der Waals surface area (Å²) >= 11 is 0. The number of hydrogen-bond acceptors (Lipinski definition) is 8. The molecule has 0 saturated heterocycles. The molecule has 30 heavy (non-hydrogen) atoms. The summed E-state index contributed by atoms with van der Waals surface area (Å²) in [5, 5.41) is 39.1. The van der Waals surface area contributed by atoms with Crippen molar-refractivity contribution in [3.8, 4) is 0 Å². The van der Waals surface area contributed by atoms with Crippen molar-refractivity contribution < 1.29 is 92.2 Å². The van der Waals surface area contributed by atoms with Crippen LogP contribution in [0.25, 0.3) is 0 Å². The van der Waals surface area contributed by atoms with E-state index in [4.69, 9.17) is 34.6 Å². The van der Waals surface area contributed by atoms with Crippen LogP contribution in [0.1, 0.15) is 79.1 Å². The molecule has 0 rings (SSSR count). The van der Waals surface area contributed by atoms with E-state index in [9.17, 15) is 5.11 Å². The van der Waals surface area contributed by atoms with Gasteiger partial charge in [-0.15, -0.1) is 0 Å². The number of hydrogen-bond donors (Lipinski definition) is 5. The largest absolute Gasteiger partial charge is 0.410 e. The van der Waals surface area contributed by atoms with Gasteiger partial charge in [-0.05, 0) is 25.7 Å². The standard InChI is InChI=1S/C13H28O4.C4H10O.3CH4O.2Zr/c1-4-7-10-15-13(14,16-11-8-5-2)17-12-9-6-3;1-2-3-4-5;3*1-2;;/h14H,4-12H2,1-3H3;5H,2-4H2,1H3;3*2H,1H3;;. The Hall–Kier alpha value is 1.45. The predicted octanol–water partition coefficient (Wildman–Crippen LogP) is 2.64. The van der Waals surface area contributed by atoms with Crippen LogP contribution in [-0.4, -0.2) is 79.4 Å². The van der Waals surface area contributed by atoms with Gasteiger partial charge >= 0.3 is 6.16 Å². The molecule has 8 nitrogen and oxygen atoms in total. The summed E-state index contributed by atoms with van der Waals surface area (Å²) < 4.78 is 15.8. The van der Waals surface area contributed by atoms with Gasteiger partial charge < -0.3 is 39.7 Å². The van der Waals surface area contributed by atoms with Gasteiger partial charge in [0.1, 0.15) is 0 Å². The van der Waals surface area contributed by atoms with Gasteiger partial charge in [0, 0.05) is 80.3 Å². The average Bonchev–Trinajstić information content (AvgIpc) is 2.74. The van der Waals surface area contributed by atoms with E-state index in [1.54, 1.807) is 0 Å². The first-order valence-corrected chi connectivity index (χ1v) is 10.2. The van der Waals surface area contributed by atoms with Crippen LogP contribution in [0, 0.1) is 0 Å². The zero-order valence-corrected chi connectivity index (χ0v) is 25.4. The number of aliphatic hydroxyl groups is 5. The quantitative estimate of drug-likeness (QED) is 0.152. The van der Waals surface area contributed by atoms with Crippen LogP contribution in [0.15, 0.2) is 0 Å². The molecular formula is C20H50O8Zr2. The molecule has 0 saturated carbocycles. The maximum absolute atomic E-state index is 10.0. The Labute approximate surface area is 224 Å². The Morgan fingerprint density at radius 1 is 0.533 bits per heavy atom. The summed E-state index contributed by atoms with van der Waals surface area (Å²) in [5.74, 6) is 0. The molecule has 0 spiro atoms. The molecule has 0 aromatic carbocycles. The fraction of sp³-hybridized carbons (Fsp3) is 1.00. The van der Waals surface area contributed by atoms with E-state index >= 15 is 0 Å². The van der Waals surface area contributed by atoms with Gasteiger partial charge in [-0.2, -0.15) is 0 Å². The molecule has 0 aliphatic carbocycles. The molecule has 10 heteroatoms. The third-order valence-electron chi connectivity index (χ3n) is 2.86. The van der Waals surface area contributed by atoms with E-state index in [-0.39, 0.29) is 52.4 Å². The SMILES string of the molecule is CCCCO.CCCCOC(O)(OCCCC)OCCCC.CO.CO.CO.[Zr].[Zr]. The average molecular weight is 601 g/mol. The fourth-order valence-corrected chi connectivity index (χ4v) is 1.32. The number of aliphatic hydroxyl groups excluding tert-OH is 4. The van der Waals surface area contributed by atoms with Crippen LogP contribution in [-0.2, 0) is 66.6 Å².